The lowest BCUT2D eigenvalue weighted by atomic mass is 9.92. The molecule has 1 N–H and O–H groups in total. The molecule has 1 aliphatic heterocycles. The van der Waals surface area contributed by atoms with E-state index in [-0.39, 0.29) is 18.6 Å². The van der Waals surface area contributed by atoms with Crippen molar-refractivity contribution in [1.82, 2.24) is 24.7 Å². The largest absolute Gasteiger partial charge is 0.423 e. The topological polar surface area (TPSA) is 81.0 Å². The van der Waals surface area contributed by atoms with Crippen molar-refractivity contribution in [3.8, 4) is 11.8 Å². The van der Waals surface area contributed by atoms with E-state index in [2.05, 4.69) is 30.3 Å². The van der Waals surface area contributed by atoms with Gasteiger partial charge in [0.1, 0.15) is 24.6 Å². The Morgan fingerprint density at radius 3 is 2.69 bits per heavy atom. The van der Waals surface area contributed by atoms with Crippen LogP contribution >= 0.6 is 11.6 Å². The first-order valence-electron chi connectivity index (χ1n) is 10.8. The lowest BCUT2D eigenvalue weighted by molar-refractivity contribution is 0.363. The van der Waals surface area contributed by atoms with Gasteiger partial charge in [0.15, 0.2) is 0 Å². The van der Waals surface area contributed by atoms with Crippen LogP contribution in [0.1, 0.15) is 18.5 Å². The number of nitrogens with one attached hydrogen (secondary N) is 1. The van der Waals surface area contributed by atoms with Gasteiger partial charge >= 0.3 is 6.01 Å². The SMILES string of the molecule is Cc1cc(N2C[C@H]3CC[C@@H](C2)[C@H]3Nc2nc(Oc3ccccc3Cl)n(CCF)n2)ncn1. The number of piperidine rings is 1. The molecule has 1 saturated heterocycles. The van der Waals surface area contributed by atoms with Crippen molar-refractivity contribution in [2.24, 2.45) is 11.8 Å². The van der Waals surface area contributed by atoms with E-state index >= 15 is 0 Å². The van der Waals surface area contributed by atoms with E-state index < -0.39 is 6.67 Å². The molecular weight excluding hydrogens is 433 g/mol. The lowest BCUT2D eigenvalue weighted by Gasteiger charge is -2.38. The van der Waals surface area contributed by atoms with Gasteiger partial charge in [-0.05, 0) is 43.7 Å². The van der Waals surface area contributed by atoms with Crippen molar-refractivity contribution in [2.45, 2.75) is 32.4 Å². The highest BCUT2D eigenvalue weighted by Gasteiger charge is 2.43. The molecule has 3 aromatic rings. The van der Waals surface area contributed by atoms with Gasteiger partial charge in [-0.15, -0.1) is 5.10 Å². The Bertz CT molecular complexity index is 1080. The van der Waals surface area contributed by atoms with Gasteiger partial charge in [-0.25, -0.2) is 19.0 Å². The predicted octanol–water partition coefficient (Wildman–Crippen LogP) is 4.12. The zero-order valence-electron chi connectivity index (χ0n) is 17.8. The molecule has 1 aliphatic carbocycles. The molecule has 0 unspecified atom stereocenters. The number of hydrogen-bond acceptors (Lipinski definition) is 7. The Kier molecular flexibility index (Phi) is 5.82. The van der Waals surface area contributed by atoms with Gasteiger partial charge in [0.05, 0.1) is 11.6 Å². The normalized spacial score (nSPS) is 22.2. The highest BCUT2D eigenvalue weighted by Crippen LogP contribution is 2.40. The van der Waals surface area contributed by atoms with Crippen molar-refractivity contribution in [3.63, 3.8) is 0 Å². The molecule has 2 bridgehead atoms. The van der Waals surface area contributed by atoms with Crippen LogP contribution in [-0.2, 0) is 6.54 Å². The highest BCUT2D eigenvalue weighted by molar-refractivity contribution is 6.32. The molecule has 1 saturated carbocycles. The lowest BCUT2D eigenvalue weighted by Crippen LogP contribution is -2.48. The molecule has 0 spiro atoms. The molecule has 32 heavy (non-hydrogen) atoms. The van der Waals surface area contributed by atoms with E-state index in [9.17, 15) is 4.39 Å². The van der Waals surface area contributed by atoms with Crippen molar-refractivity contribution >= 4 is 23.4 Å². The number of ether oxygens (including phenoxy) is 1. The van der Waals surface area contributed by atoms with E-state index in [0.29, 0.717) is 28.6 Å². The Balaban J connectivity index is 1.32. The summed E-state index contributed by atoms with van der Waals surface area (Å²) in [6, 6.07) is 9.63. The van der Waals surface area contributed by atoms with Crippen molar-refractivity contribution in [3.05, 3.63) is 47.4 Å². The van der Waals surface area contributed by atoms with Gasteiger partial charge in [0.2, 0.25) is 5.95 Å². The minimum absolute atomic E-state index is 0.0623. The number of hydrogen-bond donors (Lipinski definition) is 1. The molecule has 5 rings (SSSR count). The first-order chi connectivity index (χ1) is 15.6. The van der Waals surface area contributed by atoms with Crippen LogP contribution < -0.4 is 15.0 Å². The van der Waals surface area contributed by atoms with Gasteiger partial charge in [-0.1, -0.05) is 23.7 Å². The summed E-state index contributed by atoms with van der Waals surface area (Å²) < 4.78 is 20.4. The molecule has 2 aromatic heterocycles. The number of benzene rings is 1. The molecule has 8 nitrogen and oxygen atoms in total. The summed E-state index contributed by atoms with van der Waals surface area (Å²) in [5, 5.41) is 8.43. The van der Waals surface area contributed by atoms with Crippen molar-refractivity contribution in [2.75, 3.05) is 30.0 Å². The molecule has 0 radical (unpaired) electrons. The summed E-state index contributed by atoms with van der Waals surface area (Å²) in [6.07, 6.45) is 3.90. The monoisotopic (exact) mass is 457 g/mol. The quantitative estimate of drug-likeness (QED) is 0.571. The number of anilines is 2. The first kappa shape index (κ1) is 20.9. The van der Waals surface area contributed by atoms with Crippen LogP contribution in [0.4, 0.5) is 16.2 Å². The predicted molar refractivity (Wildman–Crippen MR) is 120 cm³/mol. The van der Waals surface area contributed by atoms with Gasteiger partial charge in [-0.2, -0.15) is 4.98 Å². The summed E-state index contributed by atoms with van der Waals surface area (Å²) in [5.74, 6) is 2.79. The number of para-hydroxylation sites is 1. The summed E-state index contributed by atoms with van der Waals surface area (Å²) in [6.45, 7) is 3.31. The number of alkyl halides is 1. The van der Waals surface area contributed by atoms with Crippen LogP contribution in [0.15, 0.2) is 36.7 Å². The molecule has 3 atom stereocenters. The summed E-state index contributed by atoms with van der Waals surface area (Å²) in [7, 11) is 0. The fourth-order valence-corrected chi connectivity index (χ4v) is 4.90. The first-order valence-corrected chi connectivity index (χ1v) is 11.2. The number of aryl methyl sites for hydroxylation is 2. The summed E-state index contributed by atoms with van der Waals surface area (Å²) >= 11 is 6.20. The minimum Gasteiger partial charge on any atom is -0.423 e. The zero-order valence-corrected chi connectivity index (χ0v) is 18.5. The van der Waals surface area contributed by atoms with Crippen LogP contribution in [0.3, 0.4) is 0 Å². The summed E-state index contributed by atoms with van der Waals surface area (Å²) in [4.78, 5) is 15.5. The molecule has 3 heterocycles. The van der Waals surface area contributed by atoms with E-state index in [0.717, 1.165) is 37.4 Å². The van der Waals surface area contributed by atoms with Crippen LogP contribution in [0, 0.1) is 18.8 Å². The third-order valence-corrected chi connectivity index (χ3v) is 6.53. The van der Waals surface area contributed by atoms with Crippen LogP contribution in [-0.4, -0.2) is 50.5 Å². The second-order valence-electron chi connectivity index (χ2n) is 8.35. The van der Waals surface area contributed by atoms with Gasteiger partial charge in [0, 0.05) is 30.9 Å². The second-order valence-corrected chi connectivity index (χ2v) is 8.76. The summed E-state index contributed by atoms with van der Waals surface area (Å²) in [5.41, 5.74) is 0.969. The second kappa shape index (κ2) is 8.90. The molecule has 1 aromatic carbocycles. The van der Waals surface area contributed by atoms with Crippen molar-refractivity contribution in [1.29, 1.82) is 0 Å². The van der Waals surface area contributed by atoms with E-state index in [4.69, 9.17) is 16.3 Å². The zero-order chi connectivity index (χ0) is 22.1. The highest BCUT2D eigenvalue weighted by atomic mass is 35.5. The van der Waals surface area contributed by atoms with Gasteiger partial charge in [-0.3, -0.25) is 0 Å². The Hall–Kier alpha value is -2.94. The van der Waals surface area contributed by atoms with Crippen LogP contribution in [0.2, 0.25) is 5.02 Å². The van der Waals surface area contributed by atoms with Crippen LogP contribution in [0.5, 0.6) is 11.8 Å². The fourth-order valence-electron chi connectivity index (χ4n) is 4.72. The van der Waals surface area contributed by atoms with E-state index in [1.165, 1.54) is 4.68 Å². The van der Waals surface area contributed by atoms with E-state index in [1.54, 1.807) is 18.5 Å². The number of nitrogens with zero attached hydrogens (tertiary/aromatic N) is 6. The Labute approximate surface area is 190 Å². The third-order valence-electron chi connectivity index (χ3n) is 6.21. The number of rotatable bonds is 7. The average Bonchev–Trinajstić information content (AvgIpc) is 3.25. The van der Waals surface area contributed by atoms with E-state index in [1.807, 2.05) is 25.1 Å². The van der Waals surface area contributed by atoms with Crippen molar-refractivity contribution < 1.29 is 9.13 Å². The molecule has 0 amide bonds. The number of aromatic nitrogens is 5. The maximum atomic E-state index is 13.1. The fraction of sp³-hybridized carbons (Fsp3) is 0.455. The third kappa shape index (κ3) is 4.21. The Morgan fingerprint density at radius 1 is 1.19 bits per heavy atom. The maximum absolute atomic E-state index is 13.1. The number of halogens is 2. The molecule has 2 aliphatic rings. The standard InChI is InChI=1S/C22H25ClFN7O/c1-14-10-19(26-13-25-14)30-11-15-6-7-16(12-30)20(15)27-21-28-22(31(29-21)9-8-24)32-18-5-3-2-4-17(18)23/h2-5,10,13,15-16,20H,6-9,11-12H2,1H3,(H,27,29)/t15-,16+,20+. The number of fused-ring (bicyclic) bond motifs is 2. The average molecular weight is 458 g/mol. The van der Waals surface area contributed by atoms with Gasteiger partial charge < -0.3 is 15.0 Å². The molecule has 168 valence electrons. The van der Waals surface area contributed by atoms with Gasteiger partial charge in [0.25, 0.3) is 0 Å². The van der Waals surface area contributed by atoms with Crippen LogP contribution in [0.25, 0.3) is 0 Å². The smallest absolute Gasteiger partial charge is 0.322 e. The molecule has 10 heteroatoms. The molecule has 2 fully saturated rings. The minimum atomic E-state index is -0.566. The molecular formula is C22H25ClFN7O. The Morgan fingerprint density at radius 2 is 1.97 bits per heavy atom. The maximum Gasteiger partial charge on any atom is 0.322 e.